The lowest BCUT2D eigenvalue weighted by Gasteiger charge is -2.32. The molecule has 3 rings (SSSR count). The molecule has 1 amide bonds. The molecule has 1 unspecified atom stereocenters. The van der Waals surface area contributed by atoms with Crippen LogP contribution in [0.25, 0.3) is 0 Å². The first-order chi connectivity index (χ1) is 11.4. The predicted octanol–water partition coefficient (Wildman–Crippen LogP) is 1.75. The SMILES string of the molecule is O=C(Cc1ccc(C(F)(F)F)cc1)N1CCC(N2CCNCC2)C1. The van der Waals surface area contributed by atoms with Crippen LogP contribution < -0.4 is 5.32 Å². The van der Waals surface area contributed by atoms with Crippen LogP contribution in [0.4, 0.5) is 13.2 Å². The monoisotopic (exact) mass is 341 g/mol. The van der Waals surface area contributed by atoms with Gasteiger partial charge in [0.1, 0.15) is 0 Å². The molecular formula is C17H22F3N3O. The molecule has 1 aromatic rings. The van der Waals surface area contributed by atoms with E-state index in [9.17, 15) is 18.0 Å². The minimum atomic E-state index is -4.34. The topological polar surface area (TPSA) is 35.6 Å². The Morgan fingerprint density at radius 1 is 1.12 bits per heavy atom. The summed E-state index contributed by atoms with van der Waals surface area (Å²) < 4.78 is 37.7. The lowest BCUT2D eigenvalue weighted by atomic mass is 10.1. The van der Waals surface area contributed by atoms with Crippen LogP contribution >= 0.6 is 0 Å². The second kappa shape index (κ2) is 7.11. The molecule has 2 saturated heterocycles. The normalized spacial score (nSPS) is 22.8. The Labute approximate surface area is 139 Å². The van der Waals surface area contributed by atoms with Crippen LogP contribution in [0.5, 0.6) is 0 Å². The molecule has 0 saturated carbocycles. The Kier molecular flexibility index (Phi) is 5.10. The van der Waals surface area contributed by atoms with E-state index in [1.807, 2.05) is 4.90 Å². The number of carbonyl (C=O) groups excluding carboxylic acids is 1. The predicted molar refractivity (Wildman–Crippen MR) is 84.6 cm³/mol. The molecule has 2 fully saturated rings. The molecule has 2 aliphatic heterocycles. The van der Waals surface area contributed by atoms with Gasteiger partial charge in [0.2, 0.25) is 5.91 Å². The van der Waals surface area contributed by atoms with Crippen molar-refractivity contribution in [3.63, 3.8) is 0 Å². The van der Waals surface area contributed by atoms with Gasteiger partial charge in [-0.1, -0.05) is 12.1 Å². The molecular weight excluding hydrogens is 319 g/mol. The van der Waals surface area contributed by atoms with Crippen LogP contribution in [0.15, 0.2) is 24.3 Å². The van der Waals surface area contributed by atoms with Gasteiger partial charge in [0.25, 0.3) is 0 Å². The summed E-state index contributed by atoms with van der Waals surface area (Å²) in [6, 6.07) is 5.27. The van der Waals surface area contributed by atoms with Gasteiger partial charge in [0, 0.05) is 45.3 Å². The number of benzene rings is 1. The molecule has 1 aromatic carbocycles. The largest absolute Gasteiger partial charge is 0.416 e. The van der Waals surface area contributed by atoms with Crippen LogP contribution in [0.1, 0.15) is 17.5 Å². The van der Waals surface area contributed by atoms with Gasteiger partial charge in [-0.3, -0.25) is 9.69 Å². The number of hydrogen-bond acceptors (Lipinski definition) is 3. The van der Waals surface area contributed by atoms with E-state index in [2.05, 4.69) is 10.2 Å². The summed E-state index contributed by atoms with van der Waals surface area (Å²) >= 11 is 0. The number of carbonyl (C=O) groups is 1. The number of nitrogens with one attached hydrogen (secondary N) is 1. The summed E-state index contributed by atoms with van der Waals surface area (Å²) in [5.41, 5.74) is -0.0581. The molecule has 7 heteroatoms. The Balaban J connectivity index is 1.54. The van der Waals surface area contributed by atoms with Crippen molar-refractivity contribution in [2.75, 3.05) is 39.3 Å². The quantitative estimate of drug-likeness (QED) is 0.910. The second-order valence-electron chi connectivity index (χ2n) is 6.44. The zero-order chi connectivity index (χ0) is 17.2. The van der Waals surface area contributed by atoms with Gasteiger partial charge in [-0.2, -0.15) is 13.2 Å². The van der Waals surface area contributed by atoms with Crippen molar-refractivity contribution in [2.24, 2.45) is 0 Å². The van der Waals surface area contributed by atoms with E-state index >= 15 is 0 Å². The summed E-state index contributed by atoms with van der Waals surface area (Å²) in [5.74, 6) is -0.00704. The van der Waals surface area contributed by atoms with Crippen LogP contribution in [0, 0.1) is 0 Å². The Morgan fingerprint density at radius 3 is 2.42 bits per heavy atom. The van der Waals surface area contributed by atoms with Crippen molar-refractivity contribution in [1.29, 1.82) is 0 Å². The number of halogens is 3. The fourth-order valence-electron chi connectivity index (χ4n) is 3.41. The van der Waals surface area contributed by atoms with Gasteiger partial charge >= 0.3 is 6.18 Å². The molecule has 24 heavy (non-hydrogen) atoms. The molecule has 0 spiro atoms. The molecule has 4 nitrogen and oxygen atoms in total. The van der Waals surface area contributed by atoms with Crippen molar-refractivity contribution in [3.05, 3.63) is 35.4 Å². The van der Waals surface area contributed by atoms with Gasteiger partial charge in [-0.05, 0) is 24.1 Å². The van der Waals surface area contributed by atoms with Crippen molar-refractivity contribution in [3.8, 4) is 0 Å². The van der Waals surface area contributed by atoms with Crippen molar-refractivity contribution >= 4 is 5.91 Å². The van der Waals surface area contributed by atoms with E-state index in [1.165, 1.54) is 12.1 Å². The van der Waals surface area contributed by atoms with Crippen LogP contribution in [-0.2, 0) is 17.4 Å². The highest BCUT2D eigenvalue weighted by Gasteiger charge is 2.32. The van der Waals surface area contributed by atoms with E-state index in [-0.39, 0.29) is 12.3 Å². The minimum Gasteiger partial charge on any atom is -0.341 e. The van der Waals surface area contributed by atoms with Gasteiger partial charge in [0.15, 0.2) is 0 Å². The number of alkyl halides is 3. The fourth-order valence-corrected chi connectivity index (χ4v) is 3.41. The average Bonchev–Trinajstić information content (AvgIpc) is 3.05. The third-order valence-corrected chi connectivity index (χ3v) is 4.82. The highest BCUT2D eigenvalue weighted by atomic mass is 19.4. The summed E-state index contributed by atoms with van der Waals surface area (Å²) in [6.07, 6.45) is -3.21. The second-order valence-corrected chi connectivity index (χ2v) is 6.44. The van der Waals surface area contributed by atoms with Crippen molar-refractivity contribution in [1.82, 2.24) is 15.1 Å². The summed E-state index contributed by atoms with van der Waals surface area (Å²) in [4.78, 5) is 16.7. The fraction of sp³-hybridized carbons (Fsp3) is 0.588. The zero-order valence-corrected chi connectivity index (χ0v) is 13.5. The molecule has 0 bridgehead atoms. The van der Waals surface area contributed by atoms with E-state index in [4.69, 9.17) is 0 Å². The first kappa shape index (κ1) is 17.2. The third-order valence-electron chi connectivity index (χ3n) is 4.82. The smallest absolute Gasteiger partial charge is 0.341 e. The number of hydrogen-bond donors (Lipinski definition) is 1. The zero-order valence-electron chi connectivity index (χ0n) is 13.5. The highest BCUT2D eigenvalue weighted by molar-refractivity contribution is 5.79. The highest BCUT2D eigenvalue weighted by Crippen LogP contribution is 2.29. The van der Waals surface area contributed by atoms with Crippen LogP contribution in [0.3, 0.4) is 0 Å². The molecule has 1 N–H and O–H groups in total. The van der Waals surface area contributed by atoms with E-state index in [0.29, 0.717) is 11.6 Å². The number of nitrogens with zero attached hydrogens (tertiary/aromatic N) is 2. The number of amides is 1. The first-order valence-corrected chi connectivity index (χ1v) is 8.32. The summed E-state index contributed by atoms with van der Waals surface area (Å²) in [5, 5.41) is 3.32. The van der Waals surface area contributed by atoms with Gasteiger partial charge in [0.05, 0.1) is 12.0 Å². The molecule has 132 valence electrons. The molecule has 2 heterocycles. The van der Waals surface area contributed by atoms with Crippen molar-refractivity contribution < 1.29 is 18.0 Å². The average molecular weight is 341 g/mol. The van der Waals surface area contributed by atoms with E-state index < -0.39 is 11.7 Å². The standard InChI is InChI=1S/C17H22F3N3O/c18-17(19,20)14-3-1-13(2-4-14)11-16(24)23-8-5-15(12-23)22-9-6-21-7-10-22/h1-4,15,21H,5-12H2. The third kappa shape index (κ3) is 4.08. The molecule has 0 radical (unpaired) electrons. The molecule has 2 aliphatic rings. The van der Waals surface area contributed by atoms with E-state index in [1.54, 1.807) is 0 Å². The maximum absolute atomic E-state index is 12.6. The Morgan fingerprint density at radius 2 is 1.79 bits per heavy atom. The van der Waals surface area contributed by atoms with Crippen LogP contribution in [0.2, 0.25) is 0 Å². The summed E-state index contributed by atoms with van der Waals surface area (Å²) in [6.45, 7) is 5.43. The van der Waals surface area contributed by atoms with Gasteiger partial charge < -0.3 is 10.2 Å². The van der Waals surface area contributed by atoms with Crippen LogP contribution in [-0.4, -0.2) is 61.0 Å². The number of likely N-dealkylation sites (tertiary alicyclic amines) is 1. The Bertz CT molecular complexity index is 567. The first-order valence-electron chi connectivity index (χ1n) is 8.32. The molecule has 0 aliphatic carbocycles. The van der Waals surface area contributed by atoms with Gasteiger partial charge in [-0.15, -0.1) is 0 Å². The van der Waals surface area contributed by atoms with Crippen molar-refractivity contribution in [2.45, 2.75) is 25.1 Å². The number of rotatable bonds is 3. The lowest BCUT2D eigenvalue weighted by Crippen LogP contribution is -2.49. The molecule has 1 atom stereocenters. The lowest BCUT2D eigenvalue weighted by molar-refractivity contribution is -0.137. The number of piperazine rings is 1. The van der Waals surface area contributed by atoms with Gasteiger partial charge in [-0.25, -0.2) is 0 Å². The maximum atomic E-state index is 12.6. The minimum absolute atomic E-state index is 0.00704. The summed E-state index contributed by atoms with van der Waals surface area (Å²) in [7, 11) is 0. The Hall–Kier alpha value is -1.60. The maximum Gasteiger partial charge on any atom is 0.416 e. The van der Waals surface area contributed by atoms with E-state index in [0.717, 1.165) is 57.8 Å². The molecule has 0 aromatic heterocycles.